The maximum Gasteiger partial charge on any atom is 0.229 e. The van der Waals surface area contributed by atoms with Gasteiger partial charge in [-0.1, -0.05) is 12.1 Å². The second-order valence-corrected chi connectivity index (χ2v) is 7.80. The molecule has 1 aliphatic heterocycles. The van der Waals surface area contributed by atoms with E-state index in [0.717, 1.165) is 0 Å². The van der Waals surface area contributed by atoms with Crippen LogP contribution in [0.5, 0.6) is 23.0 Å². The van der Waals surface area contributed by atoms with E-state index >= 15 is 0 Å². The van der Waals surface area contributed by atoms with Gasteiger partial charge in [-0.3, -0.25) is 4.79 Å². The van der Waals surface area contributed by atoms with E-state index in [4.69, 9.17) is 28.1 Å². The number of hydrogen-bond donors (Lipinski definition) is 4. The van der Waals surface area contributed by atoms with Gasteiger partial charge in [0, 0.05) is 12.1 Å². The van der Waals surface area contributed by atoms with Crippen LogP contribution >= 0.6 is 0 Å². The summed E-state index contributed by atoms with van der Waals surface area (Å²) in [6.45, 7) is -0.637. The average molecular weight is 490 g/mol. The Balaban J connectivity index is 1.88. The van der Waals surface area contributed by atoms with E-state index in [1.54, 1.807) is 24.3 Å². The minimum atomic E-state index is -1.68. The second kappa shape index (κ2) is 10.1. The van der Waals surface area contributed by atoms with Crippen molar-refractivity contribution in [2.75, 3.05) is 27.9 Å². The monoisotopic (exact) mass is 490 g/mol. The molecule has 1 saturated heterocycles. The van der Waals surface area contributed by atoms with Gasteiger partial charge in [0.1, 0.15) is 47.1 Å². The molecule has 0 unspecified atom stereocenters. The van der Waals surface area contributed by atoms with Crippen molar-refractivity contribution in [3.63, 3.8) is 0 Å². The predicted octanol–water partition coefficient (Wildman–Crippen LogP) is 0.664. The van der Waals surface area contributed by atoms with E-state index in [1.807, 2.05) is 0 Å². The van der Waals surface area contributed by atoms with Gasteiger partial charge in [-0.2, -0.15) is 0 Å². The van der Waals surface area contributed by atoms with Crippen molar-refractivity contribution in [1.29, 1.82) is 0 Å². The third kappa shape index (κ3) is 4.40. The summed E-state index contributed by atoms with van der Waals surface area (Å²) in [5, 5.41) is 39.9. The fourth-order valence-electron chi connectivity index (χ4n) is 3.96. The zero-order chi connectivity index (χ0) is 25.3. The SMILES string of the molecule is COc1ccccc1-c1cc(=O)c2c(O[C@@H]3O[C@H](CO)[C@H](O)[C@@H](O)[C@H]3O)cc(OC)c(OC)c2o1. The van der Waals surface area contributed by atoms with Gasteiger partial charge in [0.05, 0.1) is 33.5 Å². The highest BCUT2D eigenvalue weighted by Crippen LogP contribution is 2.43. The molecule has 0 saturated carbocycles. The van der Waals surface area contributed by atoms with Crippen molar-refractivity contribution in [3.05, 3.63) is 46.6 Å². The van der Waals surface area contributed by atoms with Crippen LogP contribution in [0.2, 0.25) is 0 Å². The molecule has 4 N–H and O–H groups in total. The summed E-state index contributed by atoms with van der Waals surface area (Å²) in [4.78, 5) is 13.3. The summed E-state index contributed by atoms with van der Waals surface area (Å²) < 4.78 is 33.5. The van der Waals surface area contributed by atoms with Crippen molar-refractivity contribution in [2.24, 2.45) is 0 Å². The maximum absolute atomic E-state index is 13.3. The number of aliphatic hydroxyl groups is 4. The Bertz CT molecular complexity index is 1250. The smallest absolute Gasteiger partial charge is 0.229 e. The van der Waals surface area contributed by atoms with Crippen molar-refractivity contribution < 1.29 is 48.5 Å². The van der Waals surface area contributed by atoms with Crippen molar-refractivity contribution in [3.8, 4) is 34.3 Å². The van der Waals surface area contributed by atoms with Crippen LogP contribution in [0.4, 0.5) is 0 Å². The Labute approximate surface area is 199 Å². The summed E-state index contributed by atoms with van der Waals surface area (Å²) in [6, 6.07) is 9.58. The van der Waals surface area contributed by atoms with Crippen molar-refractivity contribution >= 4 is 11.0 Å². The molecule has 35 heavy (non-hydrogen) atoms. The van der Waals surface area contributed by atoms with Crippen LogP contribution in [-0.4, -0.2) is 79.1 Å². The predicted molar refractivity (Wildman–Crippen MR) is 122 cm³/mol. The number of aliphatic hydroxyl groups excluding tert-OH is 4. The van der Waals surface area contributed by atoms with E-state index in [-0.39, 0.29) is 34.0 Å². The standard InChI is InChI=1S/C24H26O11/c1-30-13-7-5-4-6-11(13)14-8-12(26)18-15(9-16(31-2)22(32-3)23(18)33-14)34-24-21(29)20(28)19(27)17(10-25)35-24/h4-9,17,19-21,24-25,27-29H,10H2,1-3H3/t17-,19+,20-,21-,24-/m1/s1. The molecule has 0 amide bonds. The number of fused-ring (bicyclic) bond motifs is 1. The third-order valence-electron chi connectivity index (χ3n) is 5.77. The van der Waals surface area contributed by atoms with Crippen molar-refractivity contribution in [1.82, 2.24) is 0 Å². The molecule has 1 fully saturated rings. The van der Waals surface area contributed by atoms with Crippen LogP contribution in [-0.2, 0) is 4.74 Å². The third-order valence-corrected chi connectivity index (χ3v) is 5.77. The lowest BCUT2D eigenvalue weighted by atomic mass is 9.99. The maximum atomic E-state index is 13.3. The van der Waals surface area contributed by atoms with E-state index in [0.29, 0.717) is 11.3 Å². The minimum Gasteiger partial charge on any atom is -0.496 e. The Hall–Kier alpha value is -3.35. The second-order valence-electron chi connectivity index (χ2n) is 7.80. The normalized spacial score (nSPS) is 24.3. The molecule has 4 rings (SSSR count). The summed E-state index contributed by atoms with van der Waals surface area (Å²) in [5.41, 5.74) is 0.0165. The number of benzene rings is 2. The fraction of sp³-hybridized carbons (Fsp3) is 0.375. The van der Waals surface area contributed by atoms with E-state index in [2.05, 4.69) is 0 Å². The first-order valence-corrected chi connectivity index (χ1v) is 10.7. The Morgan fingerprint density at radius 1 is 0.886 bits per heavy atom. The zero-order valence-corrected chi connectivity index (χ0v) is 19.2. The Morgan fingerprint density at radius 2 is 1.60 bits per heavy atom. The van der Waals surface area contributed by atoms with Gasteiger partial charge < -0.3 is 48.5 Å². The first-order chi connectivity index (χ1) is 16.8. The van der Waals surface area contributed by atoms with Gasteiger partial charge in [0.15, 0.2) is 16.8 Å². The van der Waals surface area contributed by atoms with E-state index in [9.17, 15) is 25.2 Å². The lowest BCUT2D eigenvalue weighted by molar-refractivity contribution is -0.277. The molecular formula is C24H26O11. The van der Waals surface area contributed by atoms with Crippen LogP contribution in [0.25, 0.3) is 22.3 Å². The Morgan fingerprint density at radius 3 is 2.26 bits per heavy atom. The highest BCUT2D eigenvalue weighted by molar-refractivity contribution is 5.92. The molecule has 1 aliphatic rings. The first-order valence-electron chi connectivity index (χ1n) is 10.7. The number of para-hydroxylation sites is 1. The summed E-state index contributed by atoms with van der Waals surface area (Å²) in [5.74, 6) is 0.861. The molecule has 2 heterocycles. The number of methoxy groups -OCH3 is 3. The van der Waals surface area contributed by atoms with Gasteiger partial charge in [0.25, 0.3) is 0 Å². The van der Waals surface area contributed by atoms with Crippen molar-refractivity contribution in [2.45, 2.75) is 30.7 Å². The molecule has 0 spiro atoms. The van der Waals surface area contributed by atoms with Gasteiger partial charge >= 0.3 is 0 Å². The Kier molecular flexibility index (Phi) is 7.15. The quantitative estimate of drug-likeness (QED) is 0.369. The van der Waals surface area contributed by atoms with Crippen LogP contribution in [0.15, 0.2) is 45.6 Å². The van der Waals surface area contributed by atoms with Crippen LogP contribution < -0.4 is 24.4 Å². The number of ether oxygens (including phenoxy) is 5. The number of rotatable bonds is 7. The van der Waals surface area contributed by atoms with Crippen LogP contribution in [0.3, 0.4) is 0 Å². The molecule has 188 valence electrons. The average Bonchev–Trinajstić information content (AvgIpc) is 2.88. The minimum absolute atomic E-state index is 0.000142. The molecule has 5 atom stereocenters. The molecule has 0 aliphatic carbocycles. The number of hydrogen-bond acceptors (Lipinski definition) is 11. The molecule has 11 nitrogen and oxygen atoms in total. The van der Waals surface area contributed by atoms with E-state index in [1.165, 1.54) is 33.5 Å². The molecule has 2 aromatic carbocycles. The first kappa shape index (κ1) is 24.8. The molecule has 0 bridgehead atoms. The molecule has 11 heteroatoms. The zero-order valence-electron chi connectivity index (χ0n) is 19.2. The summed E-state index contributed by atoms with van der Waals surface area (Å²) in [6.07, 6.45) is -7.63. The molecule has 3 aromatic rings. The van der Waals surface area contributed by atoms with Crippen LogP contribution in [0.1, 0.15) is 0 Å². The lowest BCUT2D eigenvalue weighted by Gasteiger charge is -2.39. The van der Waals surface area contributed by atoms with Gasteiger partial charge in [0.2, 0.25) is 12.0 Å². The topological polar surface area (TPSA) is 157 Å². The molecule has 0 radical (unpaired) electrons. The molecular weight excluding hydrogens is 464 g/mol. The highest BCUT2D eigenvalue weighted by Gasteiger charge is 2.45. The highest BCUT2D eigenvalue weighted by atomic mass is 16.7. The molecule has 1 aromatic heterocycles. The summed E-state index contributed by atoms with van der Waals surface area (Å²) in [7, 11) is 4.25. The van der Waals surface area contributed by atoms with Gasteiger partial charge in [-0.25, -0.2) is 0 Å². The van der Waals surface area contributed by atoms with Crippen LogP contribution in [0, 0.1) is 0 Å². The van der Waals surface area contributed by atoms with Gasteiger partial charge in [-0.15, -0.1) is 0 Å². The summed E-state index contributed by atoms with van der Waals surface area (Å²) >= 11 is 0. The van der Waals surface area contributed by atoms with Gasteiger partial charge in [-0.05, 0) is 12.1 Å². The lowest BCUT2D eigenvalue weighted by Crippen LogP contribution is -2.60. The van der Waals surface area contributed by atoms with E-state index < -0.39 is 42.7 Å². The fourth-order valence-corrected chi connectivity index (χ4v) is 3.96. The largest absolute Gasteiger partial charge is 0.496 e.